The normalized spacial score (nSPS) is 15.9. The predicted octanol–water partition coefficient (Wildman–Crippen LogP) is 6.20. The second-order valence-electron chi connectivity index (χ2n) is 6.45. The molecular formula is C22H18N2O2S. The molecule has 0 amide bonds. The van der Waals surface area contributed by atoms with Crippen LogP contribution in [0.4, 0.5) is 11.4 Å². The first-order chi connectivity index (χ1) is 13.1. The molecule has 4 rings (SSSR count). The Morgan fingerprint density at radius 3 is 2.37 bits per heavy atom. The summed E-state index contributed by atoms with van der Waals surface area (Å²) in [6.45, 7) is 2.07. The summed E-state index contributed by atoms with van der Waals surface area (Å²) in [7, 11) is 0. The lowest BCUT2D eigenvalue weighted by Crippen LogP contribution is -1.99. The van der Waals surface area contributed by atoms with Crippen molar-refractivity contribution in [2.75, 3.05) is 5.32 Å². The van der Waals surface area contributed by atoms with Crippen molar-refractivity contribution < 1.29 is 4.92 Å². The van der Waals surface area contributed by atoms with E-state index in [4.69, 9.17) is 0 Å². The fourth-order valence-corrected chi connectivity index (χ4v) is 4.21. The zero-order valence-electron chi connectivity index (χ0n) is 14.8. The minimum Gasteiger partial charge on any atom is -0.354 e. The van der Waals surface area contributed by atoms with Crippen LogP contribution in [0.1, 0.15) is 21.9 Å². The quantitative estimate of drug-likeness (QED) is 0.438. The molecule has 27 heavy (non-hydrogen) atoms. The zero-order chi connectivity index (χ0) is 18.8. The van der Waals surface area contributed by atoms with E-state index < -0.39 is 0 Å². The van der Waals surface area contributed by atoms with Gasteiger partial charge in [0.25, 0.3) is 5.69 Å². The highest BCUT2D eigenvalue weighted by Crippen LogP contribution is 2.44. The van der Waals surface area contributed by atoms with Gasteiger partial charge in [0, 0.05) is 22.7 Å². The molecule has 0 radical (unpaired) electrons. The van der Waals surface area contributed by atoms with Crippen molar-refractivity contribution in [3.05, 3.63) is 106 Å². The van der Waals surface area contributed by atoms with Crippen LogP contribution >= 0.6 is 11.8 Å². The van der Waals surface area contributed by atoms with Crippen molar-refractivity contribution in [3.63, 3.8) is 0 Å². The van der Waals surface area contributed by atoms with Crippen LogP contribution in [0.2, 0.25) is 0 Å². The van der Waals surface area contributed by atoms with Crippen molar-refractivity contribution in [1.29, 1.82) is 0 Å². The van der Waals surface area contributed by atoms with Gasteiger partial charge >= 0.3 is 0 Å². The number of rotatable bonds is 3. The molecule has 0 unspecified atom stereocenters. The Balaban J connectivity index is 1.77. The zero-order valence-corrected chi connectivity index (χ0v) is 15.6. The first kappa shape index (κ1) is 17.4. The third-order valence-corrected chi connectivity index (χ3v) is 5.80. The maximum atomic E-state index is 11.0. The van der Waals surface area contributed by atoms with E-state index in [1.807, 2.05) is 24.3 Å². The minimum atomic E-state index is -0.367. The Morgan fingerprint density at radius 2 is 1.67 bits per heavy atom. The van der Waals surface area contributed by atoms with Crippen molar-refractivity contribution in [3.8, 4) is 0 Å². The van der Waals surface area contributed by atoms with Gasteiger partial charge in [-0.1, -0.05) is 54.1 Å². The van der Waals surface area contributed by atoms with Crippen LogP contribution in [-0.4, -0.2) is 4.92 Å². The third-order valence-electron chi connectivity index (χ3n) is 4.52. The molecule has 0 bridgehead atoms. The van der Waals surface area contributed by atoms with Gasteiger partial charge in [0.1, 0.15) is 0 Å². The van der Waals surface area contributed by atoms with Crippen molar-refractivity contribution >= 4 is 28.8 Å². The van der Waals surface area contributed by atoms with E-state index in [0.717, 1.165) is 27.4 Å². The van der Waals surface area contributed by atoms with Crippen LogP contribution in [0.3, 0.4) is 0 Å². The van der Waals surface area contributed by atoms with E-state index >= 15 is 0 Å². The summed E-state index contributed by atoms with van der Waals surface area (Å²) in [4.78, 5) is 11.7. The number of nitrogens with one attached hydrogen (secondary N) is 1. The molecule has 1 heterocycles. The molecule has 1 aliphatic rings. The summed E-state index contributed by atoms with van der Waals surface area (Å²) >= 11 is 1.74. The van der Waals surface area contributed by atoms with Gasteiger partial charge < -0.3 is 5.32 Å². The fourth-order valence-electron chi connectivity index (χ4n) is 3.03. The molecule has 0 aliphatic carbocycles. The largest absolute Gasteiger partial charge is 0.354 e. The highest BCUT2D eigenvalue weighted by molar-refractivity contribution is 7.99. The predicted molar refractivity (Wildman–Crippen MR) is 111 cm³/mol. The summed E-state index contributed by atoms with van der Waals surface area (Å²) in [5.41, 5.74) is 5.58. The monoisotopic (exact) mass is 374 g/mol. The summed E-state index contributed by atoms with van der Waals surface area (Å²) in [6, 6.07) is 23.5. The first-order valence-corrected chi connectivity index (χ1v) is 9.54. The van der Waals surface area contributed by atoms with E-state index in [-0.39, 0.29) is 15.9 Å². The molecule has 5 heteroatoms. The van der Waals surface area contributed by atoms with Crippen molar-refractivity contribution in [2.24, 2.45) is 0 Å². The SMILES string of the molecule is Cc1ccc(C2=C[C@H](c3ccc([N+](=O)[O-])cc3)Sc3ccccc3N2)cc1. The maximum absolute atomic E-state index is 11.0. The Hall–Kier alpha value is -3.05. The number of non-ortho nitro benzene ring substituents is 1. The Kier molecular flexibility index (Phi) is 4.69. The van der Waals surface area contributed by atoms with Crippen LogP contribution in [0.15, 0.2) is 83.8 Å². The molecule has 134 valence electrons. The molecule has 0 spiro atoms. The Labute approximate surface area is 162 Å². The minimum absolute atomic E-state index is 0.0539. The number of aryl methyl sites for hydroxylation is 1. The standard InChI is InChI=1S/C22H18N2O2S/c1-15-6-8-16(9-7-15)20-14-22(17-10-12-18(13-11-17)24(25)26)27-21-5-3-2-4-19(21)23-20/h2-14,22-23H,1H3/t22-/m1/s1. The van der Waals surface area contributed by atoms with Crippen LogP contribution in [-0.2, 0) is 0 Å². The number of hydrogen-bond donors (Lipinski definition) is 1. The van der Waals surface area contributed by atoms with Gasteiger partial charge in [-0.05, 0) is 36.3 Å². The number of nitro groups is 1. The number of hydrogen-bond acceptors (Lipinski definition) is 4. The van der Waals surface area contributed by atoms with Gasteiger partial charge in [0.2, 0.25) is 0 Å². The van der Waals surface area contributed by atoms with E-state index in [1.165, 1.54) is 5.56 Å². The topological polar surface area (TPSA) is 55.2 Å². The molecule has 3 aromatic carbocycles. The van der Waals surface area contributed by atoms with E-state index in [1.54, 1.807) is 23.9 Å². The molecule has 3 aromatic rings. The number of nitro benzene ring substituents is 1. The molecule has 0 saturated carbocycles. The lowest BCUT2D eigenvalue weighted by atomic mass is 10.1. The lowest BCUT2D eigenvalue weighted by molar-refractivity contribution is -0.384. The Bertz CT molecular complexity index is 1010. The van der Waals surface area contributed by atoms with Gasteiger partial charge in [0.05, 0.1) is 15.9 Å². The van der Waals surface area contributed by atoms with Crippen LogP contribution < -0.4 is 5.32 Å². The molecule has 1 N–H and O–H groups in total. The number of fused-ring (bicyclic) bond motifs is 1. The summed E-state index contributed by atoms with van der Waals surface area (Å²) in [6.07, 6.45) is 2.19. The smallest absolute Gasteiger partial charge is 0.269 e. The van der Waals surface area contributed by atoms with Gasteiger partial charge in [-0.15, -0.1) is 11.8 Å². The number of para-hydroxylation sites is 1. The van der Waals surface area contributed by atoms with Gasteiger partial charge in [-0.25, -0.2) is 0 Å². The van der Waals surface area contributed by atoms with Crippen LogP contribution in [0, 0.1) is 17.0 Å². The molecule has 4 nitrogen and oxygen atoms in total. The highest BCUT2D eigenvalue weighted by atomic mass is 32.2. The number of nitrogens with zero attached hydrogens (tertiary/aromatic N) is 1. The molecular weight excluding hydrogens is 356 g/mol. The number of thioether (sulfide) groups is 1. The van der Waals surface area contributed by atoms with E-state index in [2.05, 4.69) is 54.7 Å². The molecule has 1 aliphatic heterocycles. The second-order valence-corrected chi connectivity index (χ2v) is 7.64. The summed E-state index contributed by atoms with van der Waals surface area (Å²) < 4.78 is 0. The molecule has 0 fully saturated rings. The average molecular weight is 374 g/mol. The third kappa shape index (κ3) is 3.73. The number of anilines is 1. The highest BCUT2D eigenvalue weighted by Gasteiger charge is 2.20. The van der Waals surface area contributed by atoms with Crippen LogP contribution in [0.25, 0.3) is 5.70 Å². The van der Waals surface area contributed by atoms with Crippen molar-refractivity contribution in [1.82, 2.24) is 0 Å². The Morgan fingerprint density at radius 1 is 0.963 bits per heavy atom. The molecule has 1 atom stereocenters. The van der Waals surface area contributed by atoms with E-state index in [9.17, 15) is 10.1 Å². The van der Waals surface area contributed by atoms with Gasteiger partial charge in [0.15, 0.2) is 0 Å². The van der Waals surface area contributed by atoms with Crippen molar-refractivity contribution in [2.45, 2.75) is 17.1 Å². The fraction of sp³-hybridized carbons (Fsp3) is 0.0909. The van der Waals surface area contributed by atoms with E-state index in [0.29, 0.717) is 0 Å². The van der Waals surface area contributed by atoms with Gasteiger partial charge in [-0.2, -0.15) is 0 Å². The molecule has 0 aromatic heterocycles. The first-order valence-electron chi connectivity index (χ1n) is 8.66. The van der Waals surface area contributed by atoms with Crippen LogP contribution in [0.5, 0.6) is 0 Å². The average Bonchev–Trinajstić information content (AvgIpc) is 2.88. The number of benzene rings is 3. The second kappa shape index (κ2) is 7.29. The summed E-state index contributed by atoms with van der Waals surface area (Å²) in [5, 5.41) is 14.6. The lowest BCUT2D eigenvalue weighted by Gasteiger charge is -2.12. The van der Waals surface area contributed by atoms with Gasteiger partial charge in [-0.3, -0.25) is 10.1 Å². The maximum Gasteiger partial charge on any atom is 0.269 e. The summed E-state index contributed by atoms with van der Waals surface area (Å²) in [5.74, 6) is 0. The molecule has 0 saturated heterocycles.